The minimum Gasteiger partial charge on any atom is -0.193 e. The molecule has 0 radical (unpaired) electrons. The van der Waals surface area contributed by atoms with Crippen molar-refractivity contribution in [3.8, 4) is 6.07 Å². The summed E-state index contributed by atoms with van der Waals surface area (Å²) in [6, 6.07) is 10.4. The van der Waals surface area contributed by atoms with Crippen molar-refractivity contribution in [1.82, 2.24) is 0 Å². The Hall–Kier alpha value is -1.55. The first-order valence-electron chi connectivity index (χ1n) is 4.82. The number of hydrogen-bond acceptors (Lipinski definition) is 1. The number of hydrogen-bond donors (Lipinski definition) is 0. The van der Waals surface area contributed by atoms with Crippen LogP contribution in [0.1, 0.15) is 25.0 Å². The SMILES string of the molecule is Cc1ccc(/C(=C/C#N)C(C)C)cc1. The maximum absolute atomic E-state index is 8.68. The molecule has 0 spiro atoms. The van der Waals surface area contributed by atoms with Crippen molar-refractivity contribution < 1.29 is 0 Å². The van der Waals surface area contributed by atoms with E-state index in [1.165, 1.54) is 5.56 Å². The Morgan fingerprint density at radius 2 is 1.86 bits per heavy atom. The van der Waals surface area contributed by atoms with Gasteiger partial charge in [0.15, 0.2) is 0 Å². The average molecular weight is 185 g/mol. The number of nitriles is 1. The molecule has 0 saturated carbocycles. The first-order valence-corrected chi connectivity index (χ1v) is 4.82. The van der Waals surface area contributed by atoms with Crippen LogP contribution in [0, 0.1) is 24.2 Å². The molecule has 0 saturated heterocycles. The quantitative estimate of drug-likeness (QED) is 0.646. The van der Waals surface area contributed by atoms with Crippen LogP contribution in [0.4, 0.5) is 0 Å². The fraction of sp³-hybridized carbons (Fsp3) is 0.308. The number of aryl methyl sites for hydroxylation is 1. The van der Waals surface area contributed by atoms with Crippen molar-refractivity contribution in [2.75, 3.05) is 0 Å². The molecule has 0 amide bonds. The Bertz CT molecular complexity index is 363. The van der Waals surface area contributed by atoms with Gasteiger partial charge in [0.25, 0.3) is 0 Å². The van der Waals surface area contributed by atoms with Gasteiger partial charge in [-0.05, 0) is 24.0 Å². The van der Waals surface area contributed by atoms with Gasteiger partial charge in [0, 0.05) is 6.08 Å². The molecule has 1 nitrogen and oxygen atoms in total. The molecule has 0 aliphatic heterocycles. The number of rotatable bonds is 2. The molecular formula is C13H15N. The molecule has 0 atom stereocenters. The van der Waals surface area contributed by atoms with Crippen molar-refractivity contribution in [3.63, 3.8) is 0 Å². The van der Waals surface area contributed by atoms with Crippen molar-refractivity contribution in [2.24, 2.45) is 5.92 Å². The largest absolute Gasteiger partial charge is 0.193 e. The molecule has 0 N–H and O–H groups in total. The first kappa shape index (κ1) is 10.5. The summed E-state index contributed by atoms with van der Waals surface area (Å²) in [4.78, 5) is 0. The maximum Gasteiger partial charge on any atom is 0.0915 e. The molecular weight excluding hydrogens is 170 g/mol. The molecule has 1 heteroatoms. The zero-order valence-corrected chi connectivity index (χ0v) is 8.91. The highest BCUT2D eigenvalue weighted by Crippen LogP contribution is 2.22. The summed E-state index contributed by atoms with van der Waals surface area (Å²) in [5.74, 6) is 0.386. The Kier molecular flexibility index (Phi) is 3.48. The van der Waals surface area contributed by atoms with Gasteiger partial charge in [-0.2, -0.15) is 5.26 Å². The number of benzene rings is 1. The lowest BCUT2D eigenvalue weighted by molar-refractivity contribution is 0.855. The van der Waals surface area contributed by atoms with Crippen molar-refractivity contribution >= 4 is 5.57 Å². The zero-order chi connectivity index (χ0) is 10.6. The van der Waals surface area contributed by atoms with E-state index < -0.39 is 0 Å². The van der Waals surface area contributed by atoms with Crippen LogP contribution < -0.4 is 0 Å². The third-order valence-electron chi connectivity index (χ3n) is 2.23. The van der Waals surface area contributed by atoms with E-state index in [9.17, 15) is 0 Å². The van der Waals surface area contributed by atoms with Crippen LogP contribution in [-0.2, 0) is 0 Å². The Morgan fingerprint density at radius 1 is 1.29 bits per heavy atom. The van der Waals surface area contributed by atoms with Crippen molar-refractivity contribution in [1.29, 1.82) is 5.26 Å². The highest BCUT2D eigenvalue weighted by Gasteiger charge is 2.05. The minimum absolute atomic E-state index is 0.386. The summed E-state index contributed by atoms with van der Waals surface area (Å²) in [7, 11) is 0. The third-order valence-corrected chi connectivity index (χ3v) is 2.23. The van der Waals surface area contributed by atoms with Gasteiger partial charge < -0.3 is 0 Å². The van der Waals surface area contributed by atoms with Gasteiger partial charge >= 0.3 is 0 Å². The predicted molar refractivity (Wildman–Crippen MR) is 59.6 cm³/mol. The molecule has 0 fully saturated rings. The normalized spacial score (nSPS) is 11.5. The standard InChI is InChI=1S/C13H15N/c1-10(2)13(8-9-14)12-6-4-11(3)5-7-12/h4-8,10H,1-3H3/b13-8+. The molecule has 0 aliphatic rings. The van der Waals surface area contributed by atoms with Crippen LogP contribution in [0.3, 0.4) is 0 Å². The molecule has 0 aromatic heterocycles. The van der Waals surface area contributed by atoms with Crippen LogP contribution in [-0.4, -0.2) is 0 Å². The predicted octanol–water partition coefficient (Wildman–Crippen LogP) is 3.56. The highest BCUT2D eigenvalue weighted by atomic mass is 14.2. The number of allylic oxidation sites excluding steroid dienone is 2. The van der Waals surface area contributed by atoms with Crippen LogP contribution in [0.15, 0.2) is 30.3 Å². The molecule has 0 heterocycles. The van der Waals surface area contributed by atoms with Gasteiger partial charge in [-0.3, -0.25) is 0 Å². The fourth-order valence-corrected chi connectivity index (χ4v) is 1.40. The van der Waals surface area contributed by atoms with Gasteiger partial charge in [0.1, 0.15) is 0 Å². The van der Waals surface area contributed by atoms with E-state index in [2.05, 4.69) is 51.1 Å². The Morgan fingerprint density at radius 3 is 2.29 bits per heavy atom. The minimum atomic E-state index is 0.386. The summed E-state index contributed by atoms with van der Waals surface area (Å²) in [5, 5.41) is 8.68. The van der Waals surface area contributed by atoms with Gasteiger partial charge in [-0.25, -0.2) is 0 Å². The second-order valence-electron chi connectivity index (χ2n) is 3.75. The van der Waals surface area contributed by atoms with E-state index in [0.717, 1.165) is 11.1 Å². The zero-order valence-electron chi connectivity index (χ0n) is 8.91. The topological polar surface area (TPSA) is 23.8 Å². The van der Waals surface area contributed by atoms with Crippen LogP contribution >= 0.6 is 0 Å². The fourth-order valence-electron chi connectivity index (χ4n) is 1.40. The lowest BCUT2D eigenvalue weighted by Crippen LogP contribution is -1.93. The van der Waals surface area contributed by atoms with E-state index in [4.69, 9.17) is 5.26 Å². The van der Waals surface area contributed by atoms with Crippen molar-refractivity contribution in [2.45, 2.75) is 20.8 Å². The van der Waals surface area contributed by atoms with E-state index in [1.807, 2.05) is 0 Å². The van der Waals surface area contributed by atoms with Gasteiger partial charge in [-0.15, -0.1) is 0 Å². The van der Waals surface area contributed by atoms with E-state index in [1.54, 1.807) is 6.08 Å². The van der Waals surface area contributed by atoms with E-state index in [-0.39, 0.29) is 0 Å². The second kappa shape index (κ2) is 4.62. The monoisotopic (exact) mass is 185 g/mol. The maximum atomic E-state index is 8.68. The first-order chi connectivity index (χ1) is 6.65. The highest BCUT2D eigenvalue weighted by molar-refractivity contribution is 5.69. The summed E-state index contributed by atoms with van der Waals surface area (Å²) < 4.78 is 0. The Balaban J connectivity index is 3.08. The molecule has 1 rings (SSSR count). The molecule has 1 aromatic rings. The smallest absolute Gasteiger partial charge is 0.0915 e. The van der Waals surface area contributed by atoms with E-state index >= 15 is 0 Å². The summed E-state index contributed by atoms with van der Waals surface area (Å²) in [5.41, 5.74) is 3.49. The number of nitrogens with zero attached hydrogens (tertiary/aromatic N) is 1. The van der Waals surface area contributed by atoms with Crippen molar-refractivity contribution in [3.05, 3.63) is 41.5 Å². The molecule has 1 aromatic carbocycles. The summed E-state index contributed by atoms with van der Waals surface area (Å²) in [6.07, 6.45) is 1.63. The summed E-state index contributed by atoms with van der Waals surface area (Å²) >= 11 is 0. The lowest BCUT2D eigenvalue weighted by atomic mass is 9.94. The molecule has 14 heavy (non-hydrogen) atoms. The van der Waals surface area contributed by atoms with E-state index in [0.29, 0.717) is 5.92 Å². The average Bonchev–Trinajstić information content (AvgIpc) is 2.15. The Labute approximate surface area is 85.7 Å². The lowest BCUT2D eigenvalue weighted by Gasteiger charge is -2.10. The molecule has 0 bridgehead atoms. The van der Waals surface area contributed by atoms with Crippen LogP contribution in [0.5, 0.6) is 0 Å². The van der Waals surface area contributed by atoms with Gasteiger partial charge in [0.2, 0.25) is 0 Å². The molecule has 0 aliphatic carbocycles. The second-order valence-corrected chi connectivity index (χ2v) is 3.75. The summed E-state index contributed by atoms with van der Waals surface area (Å²) in [6.45, 7) is 6.26. The molecule has 72 valence electrons. The van der Waals surface area contributed by atoms with Crippen LogP contribution in [0.2, 0.25) is 0 Å². The van der Waals surface area contributed by atoms with Gasteiger partial charge in [0.05, 0.1) is 6.07 Å². The van der Waals surface area contributed by atoms with Gasteiger partial charge in [-0.1, -0.05) is 43.7 Å². The van der Waals surface area contributed by atoms with Crippen LogP contribution in [0.25, 0.3) is 5.57 Å². The molecule has 0 unspecified atom stereocenters. The third kappa shape index (κ3) is 2.47.